The van der Waals surface area contributed by atoms with E-state index in [0.29, 0.717) is 10.7 Å². The van der Waals surface area contributed by atoms with Crippen molar-refractivity contribution < 1.29 is 0 Å². The quantitative estimate of drug-likeness (QED) is 0.784. The highest BCUT2D eigenvalue weighted by Crippen LogP contribution is 2.24. The molecule has 0 unspecified atom stereocenters. The predicted octanol–water partition coefficient (Wildman–Crippen LogP) is 1.48. The molecule has 0 radical (unpaired) electrons. The molecule has 0 saturated carbocycles. The van der Waals surface area contributed by atoms with Crippen LogP contribution in [-0.2, 0) is 0 Å². The van der Waals surface area contributed by atoms with Gasteiger partial charge in [-0.1, -0.05) is 0 Å². The summed E-state index contributed by atoms with van der Waals surface area (Å²) in [5.41, 5.74) is 6.19. The van der Waals surface area contributed by atoms with Crippen LogP contribution in [0.5, 0.6) is 0 Å². The van der Waals surface area contributed by atoms with Crippen LogP contribution in [0.3, 0.4) is 0 Å². The Morgan fingerprint density at radius 1 is 1.25 bits per heavy atom. The average Bonchev–Trinajstić information content (AvgIpc) is 2.33. The van der Waals surface area contributed by atoms with Gasteiger partial charge in [-0.3, -0.25) is 0 Å². The zero-order valence-corrected chi connectivity index (χ0v) is 8.98. The predicted molar refractivity (Wildman–Crippen MR) is 59.5 cm³/mol. The third-order valence-corrected chi connectivity index (χ3v) is 2.66. The highest BCUT2D eigenvalue weighted by molar-refractivity contribution is 7.99. The lowest BCUT2D eigenvalue weighted by Crippen LogP contribution is -1.94. The van der Waals surface area contributed by atoms with Crippen molar-refractivity contribution in [3.63, 3.8) is 0 Å². The van der Waals surface area contributed by atoms with Crippen LogP contribution in [0, 0.1) is 11.3 Å². The number of hydrogen-bond donors (Lipinski definition) is 1. The van der Waals surface area contributed by atoms with E-state index >= 15 is 0 Å². The van der Waals surface area contributed by atoms with Crippen LogP contribution < -0.4 is 5.73 Å². The second-order valence-electron chi connectivity index (χ2n) is 2.85. The van der Waals surface area contributed by atoms with Crippen molar-refractivity contribution in [3.05, 3.63) is 36.4 Å². The highest BCUT2D eigenvalue weighted by atomic mass is 32.2. The smallest absolute Gasteiger partial charge is 0.164 e. The van der Waals surface area contributed by atoms with Crippen molar-refractivity contribution in [2.24, 2.45) is 0 Å². The second kappa shape index (κ2) is 4.59. The molecule has 0 aromatic carbocycles. The van der Waals surface area contributed by atoms with Crippen LogP contribution in [0.1, 0.15) is 5.69 Å². The van der Waals surface area contributed by atoms with Crippen LogP contribution in [0.15, 0.2) is 40.8 Å². The number of nitriles is 1. The minimum Gasteiger partial charge on any atom is -0.396 e. The molecule has 6 heteroatoms. The highest BCUT2D eigenvalue weighted by Gasteiger charge is 2.04. The van der Waals surface area contributed by atoms with Gasteiger partial charge in [-0.05, 0) is 30.0 Å². The first-order chi connectivity index (χ1) is 7.79. The van der Waals surface area contributed by atoms with Gasteiger partial charge in [0.15, 0.2) is 5.69 Å². The number of aromatic nitrogens is 3. The number of nitrogen functional groups attached to an aromatic ring is 1. The van der Waals surface area contributed by atoms with Crippen molar-refractivity contribution >= 4 is 17.4 Å². The molecule has 2 heterocycles. The largest absolute Gasteiger partial charge is 0.396 e. The number of pyridine rings is 1. The minimum atomic E-state index is 0.235. The normalized spacial score (nSPS) is 9.69. The van der Waals surface area contributed by atoms with E-state index in [2.05, 4.69) is 15.0 Å². The first kappa shape index (κ1) is 10.4. The third kappa shape index (κ3) is 2.27. The summed E-state index contributed by atoms with van der Waals surface area (Å²) in [5, 5.41) is 10.2. The molecule has 0 saturated heterocycles. The number of rotatable bonds is 2. The van der Waals surface area contributed by atoms with Gasteiger partial charge >= 0.3 is 0 Å². The lowest BCUT2D eigenvalue weighted by Gasteiger charge is -2.01. The molecule has 0 aliphatic heterocycles. The number of anilines is 1. The Balaban J connectivity index is 2.27. The summed E-state index contributed by atoms with van der Waals surface area (Å²) in [6.45, 7) is 0. The molecule has 0 bridgehead atoms. The van der Waals surface area contributed by atoms with Crippen molar-refractivity contribution in [2.75, 3.05) is 5.73 Å². The van der Waals surface area contributed by atoms with Crippen molar-refractivity contribution in [2.45, 2.75) is 10.1 Å². The van der Waals surface area contributed by atoms with Gasteiger partial charge in [-0.2, -0.15) is 5.26 Å². The third-order valence-electron chi connectivity index (χ3n) is 1.77. The Morgan fingerprint density at radius 2 is 2.12 bits per heavy atom. The summed E-state index contributed by atoms with van der Waals surface area (Å²) in [6.07, 6.45) is 3.11. The molecule has 0 amide bonds. The van der Waals surface area contributed by atoms with E-state index in [-0.39, 0.29) is 5.69 Å². The molecule has 0 spiro atoms. The first-order valence-corrected chi connectivity index (χ1v) is 5.22. The first-order valence-electron chi connectivity index (χ1n) is 4.40. The summed E-state index contributed by atoms with van der Waals surface area (Å²) in [4.78, 5) is 12.0. The van der Waals surface area contributed by atoms with Crippen LogP contribution in [-0.4, -0.2) is 15.0 Å². The van der Waals surface area contributed by atoms with E-state index in [1.54, 1.807) is 24.4 Å². The Morgan fingerprint density at radius 3 is 2.81 bits per heavy atom. The van der Waals surface area contributed by atoms with Gasteiger partial charge in [-0.15, -0.1) is 0 Å². The van der Waals surface area contributed by atoms with E-state index in [0.717, 1.165) is 5.03 Å². The SMILES string of the molecule is N#Cc1nc(Sc2ccncn2)ccc1N. The summed E-state index contributed by atoms with van der Waals surface area (Å²) in [6, 6.07) is 7.13. The van der Waals surface area contributed by atoms with Gasteiger partial charge in [0, 0.05) is 6.20 Å². The Labute approximate surface area is 96.4 Å². The lowest BCUT2D eigenvalue weighted by molar-refractivity contribution is 1.03. The van der Waals surface area contributed by atoms with Crippen molar-refractivity contribution in [1.82, 2.24) is 15.0 Å². The summed E-state index contributed by atoms with van der Waals surface area (Å²) >= 11 is 1.36. The van der Waals surface area contributed by atoms with E-state index in [1.165, 1.54) is 18.1 Å². The van der Waals surface area contributed by atoms with Gasteiger partial charge in [0.25, 0.3) is 0 Å². The van der Waals surface area contributed by atoms with Gasteiger partial charge in [0.2, 0.25) is 0 Å². The monoisotopic (exact) mass is 229 g/mol. The maximum atomic E-state index is 8.78. The molecule has 2 N–H and O–H groups in total. The molecule has 0 fully saturated rings. The van der Waals surface area contributed by atoms with Gasteiger partial charge in [0.1, 0.15) is 22.4 Å². The standard InChI is InChI=1S/C10H7N5S/c11-5-8-7(12)1-2-10(15-8)16-9-3-4-13-6-14-9/h1-4,6H,12H2. The molecular weight excluding hydrogens is 222 g/mol. The summed E-state index contributed by atoms with van der Waals surface area (Å²) in [5.74, 6) is 0. The zero-order chi connectivity index (χ0) is 11.4. The van der Waals surface area contributed by atoms with Crippen molar-refractivity contribution in [3.8, 4) is 6.07 Å². The van der Waals surface area contributed by atoms with Gasteiger partial charge in [-0.25, -0.2) is 15.0 Å². The topological polar surface area (TPSA) is 88.5 Å². The van der Waals surface area contributed by atoms with Crippen LogP contribution in [0.2, 0.25) is 0 Å². The number of nitrogens with zero attached hydrogens (tertiary/aromatic N) is 4. The summed E-state index contributed by atoms with van der Waals surface area (Å²) in [7, 11) is 0. The Bertz CT molecular complexity index is 535. The van der Waals surface area contributed by atoms with Crippen LogP contribution in [0.25, 0.3) is 0 Å². The summed E-state index contributed by atoms with van der Waals surface area (Å²) < 4.78 is 0. The fourth-order valence-corrected chi connectivity index (χ4v) is 1.76. The molecule has 78 valence electrons. The molecule has 0 aliphatic rings. The van der Waals surface area contributed by atoms with Gasteiger partial charge in [0.05, 0.1) is 5.69 Å². The Hall–Kier alpha value is -2.13. The van der Waals surface area contributed by atoms with Gasteiger partial charge < -0.3 is 5.73 Å². The molecule has 0 atom stereocenters. The fourth-order valence-electron chi connectivity index (χ4n) is 1.04. The maximum absolute atomic E-state index is 8.78. The number of nitrogens with two attached hydrogens (primary N) is 1. The van der Waals surface area contributed by atoms with Crippen LogP contribution in [0.4, 0.5) is 5.69 Å². The van der Waals surface area contributed by atoms with E-state index in [9.17, 15) is 0 Å². The fraction of sp³-hybridized carbons (Fsp3) is 0. The zero-order valence-electron chi connectivity index (χ0n) is 8.16. The maximum Gasteiger partial charge on any atom is 0.164 e. The van der Waals surface area contributed by atoms with Crippen molar-refractivity contribution in [1.29, 1.82) is 5.26 Å². The Kier molecular flexibility index (Phi) is 2.98. The second-order valence-corrected chi connectivity index (χ2v) is 3.89. The molecular formula is C10H7N5S. The molecule has 0 aliphatic carbocycles. The lowest BCUT2D eigenvalue weighted by atomic mass is 10.3. The minimum absolute atomic E-state index is 0.235. The van der Waals surface area contributed by atoms with E-state index < -0.39 is 0 Å². The van der Waals surface area contributed by atoms with E-state index in [1.807, 2.05) is 6.07 Å². The van der Waals surface area contributed by atoms with E-state index in [4.69, 9.17) is 11.0 Å². The molecule has 2 aromatic rings. The molecule has 16 heavy (non-hydrogen) atoms. The molecule has 2 rings (SSSR count). The van der Waals surface area contributed by atoms with Crippen LogP contribution >= 0.6 is 11.8 Å². The molecule has 2 aromatic heterocycles. The molecule has 5 nitrogen and oxygen atoms in total. The average molecular weight is 229 g/mol. The number of hydrogen-bond acceptors (Lipinski definition) is 6.